The molecule has 190 valence electrons. The molecule has 2 aromatic heterocycles. The predicted octanol–water partition coefficient (Wildman–Crippen LogP) is 4.49. The topological polar surface area (TPSA) is 125 Å². The Morgan fingerprint density at radius 3 is 2.56 bits per heavy atom. The van der Waals surface area contributed by atoms with Gasteiger partial charge in [-0.25, -0.2) is 9.78 Å². The average molecular weight is 490 g/mol. The Morgan fingerprint density at radius 2 is 1.89 bits per heavy atom. The fraction of sp³-hybridized carbons (Fsp3) is 0.593. The summed E-state index contributed by atoms with van der Waals surface area (Å²) in [6, 6.07) is 6.28. The molecule has 4 fully saturated rings. The molecular weight excluding hydrogens is 454 g/mol. The number of pyridine rings is 1. The van der Waals surface area contributed by atoms with Crippen molar-refractivity contribution in [2.45, 2.75) is 71.1 Å². The quantitative estimate of drug-likeness (QED) is 0.520. The van der Waals surface area contributed by atoms with E-state index in [2.05, 4.69) is 37.0 Å². The highest BCUT2D eigenvalue weighted by Crippen LogP contribution is 2.60. The van der Waals surface area contributed by atoms with Crippen molar-refractivity contribution in [3.05, 3.63) is 41.9 Å². The Balaban J connectivity index is 1.24. The first kappa shape index (κ1) is 24.3. The van der Waals surface area contributed by atoms with Gasteiger partial charge < -0.3 is 20.7 Å². The van der Waals surface area contributed by atoms with E-state index in [9.17, 15) is 10.1 Å². The maximum absolute atomic E-state index is 12.5. The Bertz CT molecular complexity index is 1130. The molecule has 9 nitrogen and oxygen atoms in total. The minimum Gasteiger partial charge on any atom is -0.444 e. The van der Waals surface area contributed by atoms with E-state index < -0.39 is 5.60 Å². The van der Waals surface area contributed by atoms with Crippen molar-refractivity contribution in [2.75, 3.05) is 17.2 Å². The number of nitrogens with zero attached hydrogens (tertiary/aromatic N) is 4. The molecule has 36 heavy (non-hydrogen) atoms. The number of amides is 1. The van der Waals surface area contributed by atoms with E-state index in [0.29, 0.717) is 41.6 Å². The van der Waals surface area contributed by atoms with Crippen LogP contribution in [0.2, 0.25) is 0 Å². The fourth-order valence-corrected chi connectivity index (χ4v) is 6.73. The Labute approximate surface area is 212 Å². The predicted molar refractivity (Wildman–Crippen MR) is 136 cm³/mol. The van der Waals surface area contributed by atoms with Gasteiger partial charge in [0.25, 0.3) is 0 Å². The Hall–Kier alpha value is -3.41. The molecular formula is C27H35N7O2. The molecule has 2 heterocycles. The van der Waals surface area contributed by atoms with E-state index in [1.165, 1.54) is 19.3 Å². The summed E-state index contributed by atoms with van der Waals surface area (Å²) in [5, 5.41) is 19.6. The number of aromatic nitrogens is 3. The van der Waals surface area contributed by atoms with Crippen LogP contribution in [0.4, 0.5) is 16.6 Å². The fourth-order valence-electron chi connectivity index (χ4n) is 6.73. The zero-order chi connectivity index (χ0) is 25.3. The third-order valence-electron chi connectivity index (χ3n) is 7.82. The molecule has 1 amide bonds. The van der Waals surface area contributed by atoms with Crippen molar-refractivity contribution in [1.82, 2.24) is 20.3 Å². The molecule has 4 saturated carbocycles. The molecule has 0 spiro atoms. The number of hydrogen-bond acceptors (Lipinski definition) is 8. The van der Waals surface area contributed by atoms with Gasteiger partial charge in [-0.05, 0) is 93.7 Å². The minimum absolute atomic E-state index is 0.158. The number of rotatable bonds is 7. The van der Waals surface area contributed by atoms with E-state index in [1.807, 2.05) is 32.9 Å². The van der Waals surface area contributed by atoms with Crippen molar-refractivity contribution < 1.29 is 9.53 Å². The number of hydrogen-bond donors (Lipinski definition) is 3. The zero-order valence-electron chi connectivity index (χ0n) is 21.3. The smallest absolute Gasteiger partial charge is 0.407 e. The van der Waals surface area contributed by atoms with Crippen LogP contribution in [0, 0.1) is 34.5 Å². The van der Waals surface area contributed by atoms with Gasteiger partial charge in [0.2, 0.25) is 5.95 Å². The lowest BCUT2D eigenvalue weighted by atomic mass is 9.48. The first-order valence-electron chi connectivity index (χ1n) is 12.9. The van der Waals surface area contributed by atoms with Gasteiger partial charge in [0.1, 0.15) is 23.1 Å². The second-order valence-corrected chi connectivity index (χ2v) is 11.8. The van der Waals surface area contributed by atoms with Crippen LogP contribution in [0.3, 0.4) is 0 Å². The van der Waals surface area contributed by atoms with Crippen LogP contribution < -0.4 is 16.0 Å². The van der Waals surface area contributed by atoms with Gasteiger partial charge in [-0.2, -0.15) is 10.2 Å². The number of alkyl carbamates (subject to hydrolysis) is 1. The highest BCUT2D eigenvalue weighted by molar-refractivity contribution is 5.68. The minimum atomic E-state index is -0.497. The number of nitrogens with one attached hydrogen (secondary N) is 3. The molecule has 4 aliphatic carbocycles. The van der Waals surface area contributed by atoms with Crippen LogP contribution in [0.15, 0.2) is 30.7 Å². The first-order valence-corrected chi connectivity index (χ1v) is 12.9. The molecule has 9 heteroatoms. The molecule has 2 aromatic rings. The summed E-state index contributed by atoms with van der Waals surface area (Å²) in [4.78, 5) is 25.5. The van der Waals surface area contributed by atoms with E-state index >= 15 is 0 Å². The molecule has 3 unspecified atom stereocenters. The van der Waals surface area contributed by atoms with Gasteiger partial charge in [-0.1, -0.05) is 0 Å². The maximum atomic E-state index is 12.5. The summed E-state index contributed by atoms with van der Waals surface area (Å²) in [6.07, 6.45) is 10.4. The molecule has 5 atom stereocenters. The number of carbonyl (C=O) groups is 1. The van der Waals surface area contributed by atoms with Crippen molar-refractivity contribution in [2.24, 2.45) is 23.2 Å². The molecule has 3 N–H and O–H groups in total. The molecule has 0 saturated heterocycles. The lowest BCUT2D eigenvalue weighted by Crippen LogP contribution is -2.60. The summed E-state index contributed by atoms with van der Waals surface area (Å²) >= 11 is 0. The van der Waals surface area contributed by atoms with Crippen molar-refractivity contribution in [1.29, 1.82) is 5.26 Å². The highest BCUT2D eigenvalue weighted by Gasteiger charge is 2.55. The molecule has 0 radical (unpaired) electrons. The number of carbonyl (C=O) groups excluding carboxylic acids is 1. The normalized spacial score (nSPS) is 28.3. The summed E-state index contributed by atoms with van der Waals surface area (Å²) in [5.74, 6) is 2.68. The largest absolute Gasteiger partial charge is 0.444 e. The van der Waals surface area contributed by atoms with Crippen LogP contribution in [-0.2, 0) is 11.3 Å². The molecule has 0 aliphatic heterocycles. The monoisotopic (exact) mass is 489 g/mol. The second-order valence-electron chi connectivity index (χ2n) is 11.8. The number of anilines is 2. The summed E-state index contributed by atoms with van der Waals surface area (Å²) in [6.45, 7) is 7.03. The molecule has 4 bridgehead atoms. The van der Waals surface area contributed by atoms with Gasteiger partial charge in [0.15, 0.2) is 0 Å². The highest BCUT2D eigenvalue weighted by atomic mass is 16.6. The number of nitriles is 1. The average Bonchev–Trinajstić information content (AvgIpc) is 2.83. The van der Waals surface area contributed by atoms with Crippen molar-refractivity contribution in [3.63, 3.8) is 0 Å². The van der Waals surface area contributed by atoms with E-state index in [-0.39, 0.29) is 17.6 Å². The Kier molecular flexibility index (Phi) is 6.45. The lowest BCUT2D eigenvalue weighted by molar-refractivity contribution is -0.0703. The summed E-state index contributed by atoms with van der Waals surface area (Å²) < 4.78 is 5.54. The van der Waals surface area contributed by atoms with Gasteiger partial charge in [-0.15, -0.1) is 0 Å². The van der Waals surface area contributed by atoms with Crippen LogP contribution in [0.5, 0.6) is 0 Å². The second kappa shape index (κ2) is 9.57. The van der Waals surface area contributed by atoms with Crippen LogP contribution in [0.25, 0.3) is 0 Å². The number of ether oxygens (including phenoxy) is 1. The third-order valence-corrected chi connectivity index (χ3v) is 7.82. The van der Waals surface area contributed by atoms with Crippen molar-refractivity contribution in [3.8, 4) is 6.07 Å². The van der Waals surface area contributed by atoms with Crippen LogP contribution in [-0.4, -0.2) is 39.2 Å². The SMILES string of the molecule is CC(C)(C)OC(=O)NC1[C@@H]2CC3C[C@H]1CC(CNc1nc(NCc4ccncc4)ncc1C#N)(C3)C2. The standard InChI is InChI=1S/C27H35N7O2/c1-26(2,3)36-25(35)33-22-19-8-18-9-20(22)12-27(10-18,11-19)16-32-23-21(13-28)15-31-24(34-23)30-14-17-4-6-29-7-5-17/h4-7,15,18-20,22H,8-12,14,16H2,1-3H3,(H,33,35)(H2,30,31,32,34)/t18?,19-,20+,22?,27?. The zero-order valence-corrected chi connectivity index (χ0v) is 21.3. The summed E-state index contributed by atoms with van der Waals surface area (Å²) in [7, 11) is 0. The molecule has 0 aromatic carbocycles. The third kappa shape index (κ3) is 5.38. The molecule has 4 aliphatic rings. The van der Waals surface area contributed by atoms with Gasteiger partial charge in [-0.3, -0.25) is 4.98 Å². The van der Waals surface area contributed by atoms with Gasteiger partial charge >= 0.3 is 6.09 Å². The van der Waals surface area contributed by atoms with Gasteiger partial charge in [0.05, 0.1) is 6.20 Å². The molecule has 6 rings (SSSR count). The van der Waals surface area contributed by atoms with Crippen LogP contribution >= 0.6 is 0 Å². The Morgan fingerprint density at radius 1 is 1.17 bits per heavy atom. The van der Waals surface area contributed by atoms with Crippen LogP contribution in [0.1, 0.15) is 64.0 Å². The van der Waals surface area contributed by atoms with E-state index in [1.54, 1.807) is 18.6 Å². The van der Waals surface area contributed by atoms with E-state index in [4.69, 9.17) is 4.74 Å². The first-order chi connectivity index (χ1) is 17.2. The van der Waals surface area contributed by atoms with E-state index in [0.717, 1.165) is 24.9 Å². The van der Waals surface area contributed by atoms with Gasteiger partial charge in [0, 0.05) is 31.5 Å². The lowest BCUT2D eigenvalue weighted by Gasteiger charge is -2.60. The van der Waals surface area contributed by atoms with Crippen molar-refractivity contribution >= 4 is 17.9 Å². The maximum Gasteiger partial charge on any atom is 0.407 e. The summed E-state index contributed by atoms with van der Waals surface area (Å²) in [5.41, 5.74) is 1.18.